The molecule has 0 atom stereocenters. The van der Waals surface area contributed by atoms with Crippen molar-refractivity contribution >= 4 is 50.5 Å². The predicted molar refractivity (Wildman–Crippen MR) is 142 cm³/mol. The van der Waals surface area contributed by atoms with Crippen LogP contribution in [0.5, 0.6) is 11.5 Å². The molecule has 3 aromatic carbocycles. The smallest absolute Gasteiger partial charge is 0.277 e. The van der Waals surface area contributed by atoms with E-state index in [-0.39, 0.29) is 19.1 Å². The van der Waals surface area contributed by atoms with Crippen LogP contribution in [-0.4, -0.2) is 36.2 Å². The van der Waals surface area contributed by atoms with Crippen LogP contribution < -0.4 is 20.2 Å². The van der Waals surface area contributed by atoms with Gasteiger partial charge in [0.15, 0.2) is 13.2 Å². The van der Waals surface area contributed by atoms with E-state index in [4.69, 9.17) is 9.47 Å². The van der Waals surface area contributed by atoms with Gasteiger partial charge in [0.25, 0.3) is 11.8 Å². The van der Waals surface area contributed by atoms with Gasteiger partial charge < -0.3 is 14.8 Å². The lowest BCUT2D eigenvalue weighted by atomic mass is 10.2. The van der Waals surface area contributed by atoms with Crippen LogP contribution in [0.1, 0.15) is 11.1 Å². The molecule has 0 spiro atoms. The predicted octanol–water partition coefficient (Wildman–Crippen LogP) is 4.85. The standard InChI is InChI=1S/C27H23BrN4O4/c1-18-7-10-21(11-8-18)31-25(33)16-35-23-12-9-19(14-22(23)28)15-30-32-26(34)17-36-24-6-2-4-20-5-3-13-29-27(20)24/h2-15H,16-17H2,1H3,(H,31,33)(H,32,34)/b30-15+. The third-order valence-corrected chi connectivity index (χ3v) is 5.63. The Balaban J connectivity index is 1.24. The zero-order valence-corrected chi connectivity index (χ0v) is 21.0. The third-order valence-electron chi connectivity index (χ3n) is 5.01. The maximum Gasteiger partial charge on any atom is 0.277 e. The first kappa shape index (κ1) is 24.9. The minimum Gasteiger partial charge on any atom is -0.483 e. The molecular weight excluding hydrogens is 524 g/mol. The number of nitrogens with one attached hydrogen (secondary N) is 2. The number of amides is 2. The second-order valence-corrected chi connectivity index (χ2v) is 8.66. The van der Waals surface area contributed by atoms with Crippen molar-refractivity contribution in [1.29, 1.82) is 0 Å². The van der Waals surface area contributed by atoms with Crippen molar-refractivity contribution in [3.63, 3.8) is 0 Å². The van der Waals surface area contributed by atoms with E-state index >= 15 is 0 Å². The Kier molecular flexibility index (Phi) is 8.25. The summed E-state index contributed by atoms with van der Waals surface area (Å²) in [6.45, 7) is 1.64. The largest absolute Gasteiger partial charge is 0.483 e. The van der Waals surface area contributed by atoms with E-state index in [1.807, 2.05) is 55.5 Å². The van der Waals surface area contributed by atoms with Crippen molar-refractivity contribution in [2.75, 3.05) is 18.5 Å². The highest BCUT2D eigenvalue weighted by Gasteiger charge is 2.08. The molecule has 2 N–H and O–H groups in total. The number of rotatable bonds is 9. The van der Waals surface area contributed by atoms with E-state index in [1.54, 1.807) is 30.5 Å². The van der Waals surface area contributed by atoms with Gasteiger partial charge in [0, 0.05) is 17.3 Å². The summed E-state index contributed by atoms with van der Waals surface area (Å²) >= 11 is 3.43. The molecule has 4 rings (SSSR count). The van der Waals surface area contributed by atoms with Crippen molar-refractivity contribution in [1.82, 2.24) is 10.4 Å². The molecule has 0 aliphatic carbocycles. The number of nitrogens with zero attached hydrogens (tertiary/aromatic N) is 2. The number of aryl methyl sites for hydroxylation is 1. The van der Waals surface area contributed by atoms with Crippen LogP contribution in [0, 0.1) is 6.92 Å². The SMILES string of the molecule is Cc1ccc(NC(=O)COc2ccc(/C=N/NC(=O)COc3cccc4cccnc34)cc2Br)cc1. The number of pyridine rings is 1. The molecule has 0 bridgehead atoms. The Morgan fingerprint density at radius 2 is 1.69 bits per heavy atom. The van der Waals surface area contributed by atoms with Gasteiger partial charge in [-0.15, -0.1) is 0 Å². The average molecular weight is 547 g/mol. The summed E-state index contributed by atoms with van der Waals surface area (Å²) in [4.78, 5) is 28.6. The minimum atomic E-state index is -0.405. The van der Waals surface area contributed by atoms with Crippen LogP contribution in [0.15, 0.2) is 88.6 Å². The molecule has 182 valence electrons. The summed E-state index contributed by atoms with van der Waals surface area (Å²) in [7, 11) is 0. The molecule has 0 unspecified atom stereocenters. The maximum atomic E-state index is 12.1. The van der Waals surface area contributed by atoms with Gasteiger partial charge in [0.05, 0.1) is 10.7 Å². The molecule has 4 aromatic rings. The van der Waals surface area contributed by atoms with Crippen LogP contribution in [0.2, 0.25) is 0 Å². The van der Waals surface area contributed by atoms with Gasteiger partial charge in [-0.3, -0.25) is 14.6 Å². The Morgan fingerprint density at radius 3 is 2.50 bits per heavy atom. The van der Waals surface area contributed by atoms with E-state index in [0.29, 0.717) is 27.2 Å². The van der Waals surface area contributed by atoms with Gasteiger partial charge in [-0.1, -0.05) is 35.9 Å². The van der Waals surface area contributed by atoms with Crippen LogP contribution >= 0.6 is 15.9 Å². The fraction of sp³-hybridized carbons (Fsp3) is 0.111. The van der Waals surface area contributed by atoms with Crippen molar-refractivity contribution in [2.45, 2.75) is 6.92 Å². The Hall–Kier alpha value is -4.24. The van der Waals surface area contributed by atoms with Crippen LogP contribution in [0.25, 0.3) is 10.9 Å². The Morgan fingerprint density at radius 1 is 0.944 bits per heavy atom. The van der Waals surface area contributed by atoms with Gasteiger partial charge >= 0.3 is 0 Å². The number of hydrogen-bond donors (Lipinski definition) is 2. The molecular formula is C27H23BrN4O4. The number of para-hydroxylation sites is 1. The highest BCUT2D eigenvalue weighted by Crippen LogP contribution is 2.26. The lowest BCUT2D eigenvalue weighted by Crippen LogP contribution is -2.24. The maximum absolute atomic E-state index is 12.1. The first-order valence-electron chi connectivity index (χ1n) is 11.1. The molecule has 2 amide bonds. The quantitative estimate of drug-likeness (QED) is 0.231. The summed E-state index contributed by atoms with van der Waals surface area (Å²) in [5.41, 5.74) is 5.67. The number of benzene rings is 3. The fourth-order valence-electron chi connectivity index (χ4n) is 3.24. The van der Waals surface area contributed by atoms with Crippen LogP contribution in [0.3, 0.4) is 0 Å². The molecule has 0 saturated heterocycles. The fourth-order valence-corrected chi connectivity index (χ4v) is 3.75. The minimum absolute atomic E-state index is 0.137. The molecule has 1 heterocycles. The summed E-state index contributed by atoms with van der Waals surface area (Å²) in [5, 5.41) is 7.68. The monoisotopic (exact) mass is 546 g/mol. The molecule has 0 aliphatic rings. The van der Waals surface area contributed by atoms with Crippen molar-refractivity contribution in [3.05, 3.63) is 94.6 Å². The van der Waals surface area contributed by atoms with E-state index < -0.39 is 5.91 Å². The molecule has 0 radical (unpaired) electrons. The number of carbonyl (C=O) groups excluding carboxylic acids is 2. The van der Waals surface area contributed by atoms with E-state index in [9.17, 15) is 9.59 Å². The van der Waals surface area contributed by atoms with Crippen molar-refractivity contribution < 1.29 is 19.1 Å². The van der Waals surface area contributed by atoms with Gasteiger partial charge in [-0.05, 0) is 70.9 Å². The zero-order valence-electron chi connectivity index (χ0n) is 19.4. The lowest BCUT2D eigenvalue weighted by Gasteiger charge is -2.10. The first-order valence-corrected chi connectivity index (χ1v) is 11.8. The zero-order chi connectivity index (χ0) is 25.3. The molecule has 0 fully saturated rings. The number of ether oxygens (including phenoxy) is 2. The normalized spacial score (nSPS) is 10.8. The molecule has 1 aromatic heterocycles. The Labute approximate surface area is 216 Å². The second-order valence-electron chi connectivity index (χ2n) is 7.81. The molecule has 8 nitrogen and oxygen atoms in total. The topological polar surface area (TPSA) is 102 Å². The van der Waals surface area contributed by atoms with Crippen molar-refractivity contribution in [2.24, 2.45) is 5.10 Å². The average Bonchev–Trinajstić information content (AvgIpc) is 2.88. The second kappa shape index (κ2) is 11.9. The number of anilines is 1. The van der Waals surface area contributed by atoms with E-state index in [1.165, 1.54) is 6.21 Å². The van der Waals surface area contributed by atoms with Gasteiger partial charge in [-0.2, -0.15) is 5.10 Å². The lowest BCUT2D eigenvalue weighted by molar-refractivity contribution is -0.123. The van der Waals surface area contributed by atoms with Gasteiger partial charge in [0.1, 0.15) is 17.0 Å². The Bertz CT molecular complexity index is 1400. The van der Waals surface area contributed by atoms with Gasteiger partial charge in [0.2, 0.25) is 0 Å². The third kappa shape index (κ3) is 6.89. The number of hydrogen-bond acceptors (Lipinski definition) is 6. The van der Waals surface area contributed by atoms with Crippen LogP contribution in [-0.2, 0) is 9.59 Å². The summed E-state index contributed by atoms with van der Waals surface area (Å²) in [6.07, 6.45) is 3.17. The summed E-state index contributed by atoms with van der Waals surface area (Å²) in [5.74, 6) is 0.366. The molecule has 0 aliphatic heterocycles. The molecule has 36 heavy (non-hydrogen) atoms. The number of hydrazone groups is 1. The number of fused-ring (bicyclic) bond motifs is 1. The van der Waals surface area contributed by atoms with Gasteiger partial charge in [-0.25, -0.2) is 5.43 Å². The van der Waals surface area contributed by atoms with E-state index in [0.717, 1.165) is 16.5 Å². The number of aromatic nitrogens is 1. The van der Waals surface area contributed by atoms with Crippen molar-refractivity contribution in [3.8, 4) is 11.5 Å². The summed E-state index contributed by atoms with van der Waals surface area (Å²) < 4.78 is 11.9. The number of halogens is 1. The molecule has 0 saturated carbocycles. The summed E-state index contributed by atoms with van der Waals surface area (Å²) in [6, 6.07) is 22.0. The first-order chi connectivity index (χ1) is 17.5. The highest BCUT2D eigenvalue weighted by molar-refractivity contribution is 9.10. The highest BCUT2D eigenvalue weighted by atomic mass is 79.9. The van der Waals surface area contributed by atoms with E-state index in [2.05, 4.69) is 36.8 Å². The number of carbonyl (C=O) groups is 2. The molecule has 9 heteroatoms. The van der Waals surface area contributed by atoms with Crippen LogP contribution in [0.4, 0.5) is 5.69 Å².